The fourth-order valence-electron chi connectivity index (χ4n) is 1.55. The van der Waals surface area contributed by atoms with Crippen molar-refractivity contribution in [2.24, 2.45) is 0 Å². The van der Waals surface area contributed by atoms with Crippen molar-refractivity contribution in [3.8, 4) is 10.9 Å². The maximum atomic E-state index is 11.5. The first kappa shape index (κ1) is 15.3. The van der Waals surface area contributed by atoms with E-state index in [1.807, 2.05) is 29.6 Å². The van der Waals surface area contributed by atoms with Gasteiger partial charge in [-0.25, -0.2) is 9.78 Å². The highest BCUT2D eigenvalue weighted by molar-refractivity contribution is 7.11. The Labute approximate surface area is 127 Å². The molecule has 1 aromatic carbocycles. The molecule has 0 aliphatic carbocycles. The number of methoxy groups -OCH3 is 1. The minimum atomic E-state index is -0.213. The number of rotatable bonds is 7. The monoisotopic (exact) mass is 307 g/mol. The third kappa shape index (κ3) is 5.41. The molecule has 0 saturated heterocycles. The molecule has 21 heavy (non-hydrogen) atoms. The third-order valence-electron chi connectivity index (χ3n) is 2.58. The van der Waals surface area contributed by atoms with E-state index < -0.39 is 0 Å². The first-order chi connectivity index (χ1) is 10.3. The smallest absolute Gasteiger partial charge is 0.315 e. The molecule has 0 aliphatic heterocycles. The summed E-state index contributed by atoms with van der Waals surface area (Å²) in [5.74, 6) is 0.721. The average molecular weight is 307 g/mol. The van der Waals surface area contributed by atoms with Crippen LogP contribution < -0.4 is 15.4 Å². The standard InChI is InChI=1S/C14H17N3O3S/c1-19-8-6-15-13(18)17-10-11-2-4-12(5-3-11)20-14-16-7-9-21-14/h2-5,7,9H,6,8,10H2,1H3,(H2,15,17,18). The zero-order valence-electron chi connectivity index (χ0n) is 11.7. The van der Waals surface area contributed by atoms with Gasteiger partial charge in [0.15, 0.2) is 0 Å². The van der Waals surface area contributed by atoms with Gasteiger partial charge in [-0.05, 0) is 17.7 Å². The Bertz CT molecular complexity index is 543. The van der Waals surface area contributed by atoms with E-state index in [9.17, 15) is 4.79 Å². The van der Waals surface area contributed by atoms with Crippen LogP contribution in [0, 0.1) is 0 Å². The Morgan fingerprint density at radius 2 is 2.10 bits per heavy atom. The lowest BCUT2D eigenvalue weighted by Gasteiger charge is -2.08. The molecule has 112 valence electrons. The number of ether oxygens (including phenoxy) is 2. The number of amides is 2. The van der Waals surface area contributed by atoms with E-state index in [0.29, 0.717) is 24.9 Å². The zero-order valence-corrected chi connectivity index (χ0v) is 12.5. The second kappa shape index (κ2) is 8.23. The van der Waals surface area contributed by atoms with Crippen molar-refractivity contribution in [3.05, 3.63) is 41.4 Å². The molecule has 0 atom stereocenters. The Morgan fingerprint density at radius 3 is 2.76 bits per heavy atom. The molecule has 0 unspecified atom stereocenters. The molecule has 7 heteroatoms. The Balaban J connectivity index is 1.75. The molecule has 2 N–H and O–H groups in total. The molecule has 6 nitrogen and oxygen atoms in total. The highest BCUT2D eigenvalue weighted by Crippen LogP contribution is 2.23. The second-order valence-electron chi connectivity index (χ2n) is 4.15. The molecule has 0 radical (unpaired) electrons. The topological polar surface area (TPSA) is 72.5 Å². The minimum absolute atomic E-state index is 0.213. The van der Waals surface area contributed by atoms with Crippen LogP contribution in [0.15, 0.2) is 35.8 Å². The number of aromatic nitrogens is 1. The maximum Gasteiger partial charge on any atom is 0.315 e. The Hall–Kier alpha value is -2.12. The van der Waals surface area contributed by atoms with Crippen LogP contribution in [0.4, 0.5) is 4.79 Å². The van der Waals surface area contributed by atoms with Gasteiger partial charge < -0.3 is 20.1 Å². The summed E-state index contributed by atoms with van der Waals surface area (Å²) in [6.07, 6.45) is 1.69. The predicted molar refractivity (Wildman–Crippen MR) is 80.7 cm³/mol. The van der Waals surface area contributed by atoms with Gasteiger partial charge in [0, 0.05) is 31.8 Å². The number of urea groups is 1. The SMILES string of the molecule is COCCNC(=O)NCc1ccc(Oc2nccs2)cc1. The summed E-state index contributed by atoms with van der Waals surface area (Å²) in [5, 5.41) is 7.92. The molecule has 0 aliphatic rings. The van der Waals surface area contributed by atoms with Crippen LogP contribution in [-0.2, 0) is 11.3 Å². The average Bonchev–Trinajstić information content (AvgIpc) is 3.00. The highest BCUT2D eigenvalue weighted by Gasteiger charge is 2.02. The van der Waals surface area contributed by atoms with Crippen molar-refractivity contribution in [1.29, 1.82) is 0 Å². The first-order valence-corrected chi connectivity index (χ1v) is 7.33. The summed E-state index contributed by atoms with van der Waals surface area (Å²) in [6.45, 7) is 1.44. The molecule has 2 rings (SSSR count). The zero-order chi connectivity index (χ0) is 14.9. The van der Waals surface area contributed by atoms with E-state index in [-0.39, 0.29) is 6.03 Å². The highest BCUT2D eigenvalue weighted by atomic mass is 32.1. The van der Waals surface area contributed by atoms with Crippen LogP contribution in [0.1, 0.15) is 5.56 Å². The van der Waals surface area contributed by atoms with Gasteiger partial charge in [-0.2, -0.15) is 0 Å². The number of thiazole rings is 1. The maximum absolute atomic E-state index is 11.5. The van der Waals surface area contributed by atoms with E-state index in [1.165, 1.54) is 11.3 Å². The molecule has 1 heterocycles. The Morgan fingerprint density at radius 1 is 1.29 bits per heavy atom. The summed E-state index contributed by atoms with van der Waals surface area (Å²) in [4.78, 5) is 15.5. The van der Waals surface area contributed by atoms with Gasteiger partial charge in [0.05, 0.1) is 6.61 Å². The van der Waals surface area contributed by atoms with Crippen molar-refractivity contribution in [2.45, 2.75) is 6.54 Å². The van der Waals surface area contributed by atoms with Crippen molar-refractivity contribution >= 4 is 17.4 Å². The summed E-state index contributed by atoms with van der Waals surface area (Å²) in [5.41, 5.74) is 0.989. The molecule has 0 spiro atoms. The van der Waals surface area contributed by atoms with Crippen LogP contribution in [0.2, 0.25) is 0 Å². The number of carbonyl (C=O) groups excluding carboxylic acids is 1. The van der Waals surface area contributed by atoms with Crippen LogP contribution in [0.3, 0.4) is 0 Å². The lowest BCUT2D eigenvalue weighted by molar-refractivity contribution is 0.196. The molecular formula is C14H17N3O3S. The second-order valence-corrected chi connectivity index (χ2v) is 5.00. The first-order valence-electron chi connectivity index (χ1n) is 6.45. The molecule has 0 saturated carbocycles. The number of benzene rings is 1. The van der Waals surface area contributed by atoms with Crippen LogP contribution >= 0.6 is 11.3 Å². The van der Waals surface area contributed by atoms with E-state index in [4.69, 9.17) is 9.47 Å². The van der Waals surface area contributed by atoms with Gasteiger partial charge in [-0.3, -0.25) is 0 Å². The van der Waals surface area contributed by atoms with Gasteiger partial charge in [-0.15, -0.1) is 0 Å². The number of hydrogen-bond donors (Lipinski definition) is 2. The summed E-state index contributed by atoms with van der Waals surface area (Å²) >= 11 is 1.44. The number of nitrogens with zero attached hydrogens (tertiary/aromatic N) is 1. The number of nitrogens with one attached hydrogen (secondary N) is 2. The molecular weight excluding hydrogens is 290 g/mol. The molecule has 2 amide bonds. The van der Waals surface area contributed by atoms with Crippen molar-refractivity contribution in [2.75, 3.05) is 20.3 Å². The van der Waals surface area contributed by atoms with Gasteiger partial charge >= 0.3 is 6.03 Å². The molecule has 0 fully saturated rings. The fourth-order valence-corrected chi connectivity index (χ4v) is 2.05. The summed E-state index contributed by atoms with van der Waals surface area (Å²) in [6, 6.07) is 7.29. The fraction of sp³-hybridized carbons (Fsp3) is 0.286. The molecule has 2 aromatic rings. The van der Waals surface area contributed by atoms with Crippen LogP contribution in [0.5, 0.6) is 10.9 Å². The van der Waals surface area contributed by atoms with Crippen LogP contribution in [-0.4, -0.2) is 31.3 Å². The van der Waals surface area contributed by atoms with E-state index >= 15 is 0 Å². The normalized spacial score (nSPS) is 10.1. The number of hydrogen-bond acceptors (Lipinski definition) is 5. The van der Waals surface area contributed by atoms with Gasteiger partial charge in [-0.1, -0.05) is 23.5 Å². The largest absolute Gasteiger partial charge is 0.431 e. The minimum Gasteiger partial charge on any atom is -0.431 e. The van der Waals surface area contributed by atoms with Crippen LogP contribution in [0.25, 0.3) is 0 Å². The van der Waals surface area contributed by atoms with Crippen molar-refractivity contribution in [3.63, 3.8) is 0 Å². The van der Waals surface area contributed by atoms with E-state index in [2.05, 4.69) is 15.6 Å². The van der Waals surface area contributed by atoms with Crippen molar-refractivity contribution in [1.82, 2.24) is 15.6 Å². The Kier molecular flexibility index (Phi) is 5.99. The predicted octanol–water partition coefficient (Wildman–Crippen LogP) is 2.38. The molecule has 1 aromatic heterocycles. The molecule has 0 bridgehead atoms. The van der Waals surface area contributed by atoms with Gasteiger partial charge in [0.25, 0.3) is 5.19 Å². The van der Waals surface area contributed by atoms with E-state index in [1.54, 1.807) is 13.3 Å². The van der Waals surface area contributed by atoms with Gasteiger partial charge in [0.2, 0.25) is 0 Å². The quantitative estimate of drug-likeness (QED) is 0.770. The van der Waals surface area contributed by atoms with E-state index in [0.717, 1.165) is 11.3 Å². The van der Waals surface area contributed by atoms with Gasteiger partial charge in [0.1, 0.15) is 5.75 Å². The third-order valence-corrected chi connectivity index (χ3v) is 3.23. The summed E-state index contributed by atoms with van der Waals surface area (Å²) < 4.78 is 10.4. The lowest BCUT2D eigenvalue weighted by Crippen LogP contribution is -2.36. The summed E-state index contributed by atoms with van der Waals surface area (Å²) in [7, 11) is 1.59. The lowest BCUT2D eigenvalue weighted by atomic mass is 10.2. The van der Waals surface area contributed by atoms with Crippen molar-refractivity contribution < 1.29 is 14.3 Å². The number of carbonyl (C=O) groups is 1.